The van der Waals surface area contributed by atoms with Gasteiger partial charge in [0.1, 0.15) is 0 Å². The number of ether oxygens (including phenoxy) is 1. The van der Waals surface area contributed by atoms with Crippen molar-refractivity contribution in [3.8, 4) is 11.4 Å². The molecule has 6 nitrogen and oxygen atoms in total. The predicted molar refractivity (Wildman–Crippen MR) is 83.6 cm³/mol. The molecule has 1 saturated carbocycles. The molecular weight excluding hydrogens is 334 g/mol. The SMILES string of the molecule is Nc1ccc(Br)c(-c2nnnn2CCOC2CCCC2)c1. The fourth-order valence-corrected chi connectivity index (χ4v) is 3.05. The summed E-state index contributed by atoms with van der Waals surface area (Å²) in [6, 6.07) is 5.60. The van der Waals surface area contributed by atoms with E-state index in [0.29, 0.717) is 30.8 Å². The molecule has 0 amide bonds. The van der Waals surface area contributed by atoms with Crippen molar-refractivity contribution in [3.05, 3.63) is 22.7 Å². The van der Waals surface area contributed by atoms with E-state index >= 15 is 0 Å². The van der Waals surface area contributed by atoms with E-state index in [1.807, 2.05) is 18.2 Å². The maximum Gasteiger partial charge on any atom is 0.183 e. The fourth-order valence-electron chi connectivity index (χ4n) is 2.62. The van der Waals surface area contributed by atoms with E-state index in [2.05, 4.69) is 31.5 Å². The number of halogens is 1. The predicted octanol–water partition coefficient (Wildman–Crippen LogP) is 2.64. The van der Waals surface area contributed by atoms with Gasteiger partial charge < -0.3 is 10.5 Å². The third-order valence-electron chi connectivity index (χ3n) is 3.72. The Balaban J connectivity index is 1.69. The molecule has 3 rings (SSSR count). The summed E-state index contributed by atoms with van der Waals surface area (Å²) in [4.78, 5) is 0. The minimum Gasteiger partial charge on any atom is -0.399 e. The molecule has 0 radical (unpaired) electrons. The van der Waals surface area contributed by atoms with Crippen LogP contribution in [0.5, 0.6) is 0 Å². The highest BCUT2D eigenvalue weighted by molar-refractivity contribution is 9.10. The summed E-state index contributed by atoms with van der Waals surface area (Å²) in [6.45, 7) is 1.27. The smallest absolute Gasteiger partial charge is 0.183 e. The zero-order valence-electron chi connectivity index (χ0n) is 11.7. The summed E-state index contributed by atoms with van der Waals surface area (Å²) in [6.07, 6.45) is 5.30. The maximum absolute atomic E-state index is 5.87. The Morgan fingerprint density at radius 3 is 2.95 bits per heavy atom. The molecule has 112 valence electrons. The van der Waals surface area contributed by atoms with Gasteiger partial charge in [-0.1, -0.05) is 28.8 Å². The van der Waals surface area contributed by atoms with E-state index in [4.69, 9.17) is 10.5 Å². The second kappa shape index (κ2) is 6.53. The molecule has 2 aromatic rings. The first kappa shape index (κ1) is 14.5. The van der Waals surface area contributed by atoms with Crippen molar-refractivity contribution in [1.29, 1.82) is 0 Å². The quantitative estimate of drug-likeness (QED) is 0.837. The van der Waals surface area contributed by atoms with Crippen LogP contribution in [0.3, 0.4) is 0 Å². The molecule has 1 aromatic heterocycles. The number of hydrogen-bond donors (Lipinski definition) is 1. The average molecular weight is 352 g/mol. The molecule has 7 heteroatoms. The van der Waals surface area contributed by atoms with E-state index < -0.39 is 0 Å². The van der Waals surface area contributed by atoms with Gasteiger partial charge in [-0.15, -0.1) is 5.10 Å². The van der Waals surface area contributed by atoms with Crippen molar-refractivity contribution >= 4 is 21.6 Å². The van der Waals surface area contributed by atoms with Crippen LogP contribution in [0.4, 0.5) is 5.69 Å². The molecule has 1 aliphatic carbocycles. The Labute approximate surface area is 131 Å². The van der Waals surface area contributed by atoms with Crippen LogP contribution in [0.25, 0.3) is 11.4 Å². The second-order valence-electron chi connectivity index (χ2n) is 5.24. The van der Waals surface area contributed by atoms with Gasteiger partial charge in [0.2, 0.25) is 0 Å². The van der Waals surface area contributed by atoms with E-state index in [1.54, 1.807) is 4.68 Å². The van der Waals surface area contributed by atoms with Crippen LogP contribution in [0, 0.1) is 0 Å². The average Bonchev–Trinajstić information content (AvgIpc) is 3.13. The summed E-state index contributed by atoms with van der Waals surface area (Å²) in [5, 5.41) is 11.9. The zero-order valence-corrected chi connectivity index (χ0v) is 13.3. The normalized spacial score (nSPS) is 15.7. The van der Waals surface area contributed by atoms with Crippen LogP contribution in [0.1, 0.15) is 25.7 Å². The fraction of sp³-hybridized carbons (Fsp3) is 0.500. The van der Waals surface area contributed by atoms with Crippen molar-refractivity contribution < 1.29 is 4.74 Å². The third-order valence-corrected chi connectivity index (χ3v) is 4.41. The molecule has 2 N–H and O–H groups in total. The van der Waals surface area contributed by atoms with Gasteiger partial charge in [-0.25, -0.2) is 4.68 Å². The van der Waals surface area contributed by atoms with Crippen molar-refractivity contribution in [2.45, 2.75) is 38.3 Å². The van der Waals surface area contributed by atoms with E-state index in [9.17, 15) is 0 Å². The van der Waals surface area contributed by atoms with Gasteiger partial charge in [-0.05, 0) is 41.5 Å². The van der Waals surface area contributed by atoms with Crippen molar-refractivity contribution in [1.82, 2.24) is 20.2 Å². The molecule has 0 unspecified atom stereocenters. The number of nitrogens with zero attached hydrogens (tertiary/aromatic N) is 4. The summed E-state index contributed by atoms with van der Waals surface area (Å²) in [5.41, 5.74) is 7.42. The summed E-state index contributed by atoms with van der Waals surface area (Å²) < 4.78 is 8.55. The molecule has 0 saturated heterocycles. The number of anilines is 1. The van der Waals surface area contributed by atoms with Crippen molar-refractivity contribution in [2.75, 3.05) is 12.3 Å². The molecule has 21 heavy (non-hydrogen) atoms. The number of nitrogen functional groups attached to an aromatic ring is 1. The largest absolute Gasteiger partial charge is 0.399 e. The van der Waals surface area contributed by atoms with Crippen molar-refractivity contribution in [2.24, 2.45) is 0 Å². The molecule has 0 atom stereocenters. The van der Waals surface area contributed by atoms with Crippen LogP contribution < -0.4 is 5.73 Å². The number of aromatic nitrogens is 4. The highest BCUT2D eigenvalue weighted by atomic mass is 79.9. The number of benzene rings is 1. The Kier molecular flexibility index (Phi) is 4.50. The van der Waals surface area contributed by atoms with E-state index in [0.717, 1.165) is 10.0 Å². The third kappa shape index (κ3) is 3.41. The Bertz CT molecular complexity index is 609. The van der Waals surface area contributed by atoms with Crippen LogP contribution in [0.2, 0.25) is 0 Å². The molecule has 1 fully saturated rings. The standard InChI is InChI=1S/C14H18BrN5O/c15-13-6-5-10(16)9-12(13)14-17-18-19-20(14)7-8-21-11-3-1-2-4-11/h5-6,9,11H,1-4,7-8,16H2. The lowest BCUT2D eigenvalue weighted by Gasteiger charge is -2.11. The molecular formula is C14H18BrN5O. The minimum atomic E-state index is 0.407. The van der Waals surface area contributed by atoms with Gasteiger partial charge in [-0.2, -0.15) is 0 Å². The lowest BCUT2D eigenvalue weighted by atomic mass is 10.2. The lowest BCUT2D eigenvalue weighted by molar-refractivity contribution is 0.0514. The summed E-state index contributed by atoms with van der Waals surface area (Å²) in [7, 11) is 0. The first-order chi connectivity index (χ1) is 10.2. The van der Waals surface area contributed by atoms with Crippen LogP contribution in [0.15, 0.2) is 22.7 Å². The lowest BCUT2D eigenvalue weighted by Crippen LogP contribution is -2.14. The van der Waals surface area contributed by atoms with Gasteiger partial charge in [0.05, 0.1) is 19.3 Å². The van der Waals surface area contributed by atoms with Gasteiger partial charge >= 0.3 is 0 Å². The highest BCUT2D eigenvalue weighted by Crippen LogP contribution is 2.28. The zero-order chi connectivity index (χ0) is 14.7. The van der Waals surface area contributed by atoms with E-state index in [1.165, 1.54) is 25.7 Å². The number of rotatable bonds is 5. The van der Waals surface area contributed by atoms with Crippen LogP contribution in [-0.4, -0.2) is 32.9 Å². The maximum atomic E-state index is 5.87. The van der Waals surface area contributed by atoms with Crippen LogP contribution >= 0.6 is 15.9 Å². The van der Waals surface area contributed by atoms with Gasteiger partial charge in [0.25, 0.3) is 0 Å². The molecule has 1 aliphatic rings. The first-order valence-corrected chi connectivity index (χ1v) is 7.96. The van der Waals surface area contributed by atoms with Gasteiger partial charge in [0.15, 0.2) is 5.82 Å². The number of tetrazole rings is 1. The van der Waals surface area contributed by atoms with Gasteiger partial charge in [-0.3, -0.25) is 0 Å². The second-order valence-corrected chi connectivity index (χ2v) is 6.10. The molecule has 0 spiro atoms. The molecule has 0 bridgehead atoms. The number of nitrogens with two attached hydrogens (primary N) is 1. The highest BCUT2D eigenvalue weighted by Gasteiger charge is 2.16. The first-order valence-electron chi connectivity index (χ1n) is 7.17. The minimum absolute atomic E-state index is 0.407. The summed E-state index contributed by atoms with van der Waals surface area (Å²) >= 11 is 3.51. The topological polar surface area (TPSA) is 78.9 Å². The monoisotopic (exact) mass is 351 g/mol. The Morgan fingerprint density at radius 1 is 1.33 bits per heavy atom. The van der Waals surface area contributed by atoms with E-state index in [-0.39, 0.29) is 0 Å². The Hall–Kier alpha value is -1.47. The van der Waals surface area contributed by atoms with Gasteiger partial charge in [0, 0.05) is 15.7 Å². The van der Waals surface area contributed by atoms with Crippen molar-refractivity contribution in [3.63, 3.8) is 0 Å². The summed E-state index contributed by atoms with van der Waals surface area (Å²) in [5.74, 6) is 0.698. The molecule has 1 heterocycles. The number of hydrogen-bond acceptors (Lipinski definition) is 5. The molecule has 0 aliphatic heterocycles. The Morgan fingerprint density at radius 2 is 2.14 bits per heavy atom. The van der Waals surface area contributed by atoms with Crippen LogP contribution in [-0.2, 0) is 11.3 Å². The molecule has 1 aromatic carbocycles.